The second-order valence-electron chi connectivity index (χ2n) is 4.87. The quantitative estimate of drug-likeness (QED) is 0.678. The van der Waals surface area contributed by atoms with Gasteiger partial charge in [-0.25, -0.2) is 0 Å². The number of ketones is 1. The molecule has 0 unspecified atom stereocenters. The van der Waals surface area contributed by atoms with Crippen LogP contribution in [0.3, 0.4) is 0 Å². The molecule has 0 aliphatic carbocycles. The molecule has 2 N–H and O–H groups in total. The van der Waals surface area contributed by atoms with Gasteiger partial charge in [0.15, 0.2) is 10.1 Å². The lowest BCUT2D eigenvalue weighted by Gasteiger charge is -2.13. The first-order valence-corrected chi connectivity index (χ1v) is 8.13. The van der Waals surface area contributed by atoms with E-state index in [4.69, 9.17) is 5.73 Å². The third-order valence-electron chi connectivity index (χ3n) is 3.05. The third-order valence-corrected chi connectivity index (χ3v) is 4.94. The Morgan fingerprint density at radius 2 is 2.15 bits per heavy atom. The van der Waals surface area contributed by atoms with Crippen LogP contribution in [-0.2, 0) is 0 Å². The lowest BCUT2D eigenvalue weighted by molar-refractivity contribution is 0.102. The number of hydrogen-bond acceptors (Lipinski definition) is 6. The van der Waals surface area contributed by atoms with Crippen LogP contribution in [0.2, 0.25) is 0 Å². The van der Waals surface area contributed by atoms with E-state index in [2.05, 4.69) is 28.6 Å². The van der Waals surface area contributed by atoms with Crippen molar-refractivity contribution in [3.63, 3.8) is 0 Å². The second-order valence-corrected chi connectivity index (χ2v) is 7.10. The monoisotopic (exact) mass is 310 g/mol. The van der Waals surface area contributed by atoms with Gasteiger partial charge in [-0.1, -0.05) is 23.1 Å². The number of hydrogen-bond donors (Lipinski definition) is 1. The summed E-state index contributed by atoms with van der Waals surface area (Å²) in [7, 11) is 0. The Balaban J connectivity index is 2.12. The molecule has 0 radical (unpaired) electrons. The van der Waals surface area contributed by atoms with Crippen LogP contribution in [0.5, 0.6) is 0 Å². The van der Waals surface area contributed by atoms with E-state index in [-0.39, 0.29) is 5.78 Å². The first kappa shape index (κ1) is 15.1. The molecular formula is C13H18N4OS2. The van der Waals surface area contributed by atoms with E-state index >= 15 is 0 Å². The van der Waals surface area contributed by atoms with E-state index in [0.717, 1.165) is 21.3 Å². The molecular weight excluding hydrogens is 292 g/mol. The summed E-state index contributed by atoms with van der Waals surface area (Å²) in [6.07, 6.45) is 0. The minimum Gasteiger partial charge on any atom is -0.374 e. The fourth-order valence-electron chi connectivity index (χ4n) is 2.34. The fourth-order valence-corrected chi connectivity index (χ4v) is 3.86. The van der Waals surface area contributed by atoms with Gasteiger partial charge in [-0.15, -0.1) is 10.2 Å². The standard InChI is InChI=1S/C13H18N4OS2/c1-7(2)17-8(3)5-10(9(17)4)11(18)6-19-13-16-15-12(14)20-13/h5,7H,6H2,1-4H3,(H2,14,15). The molecule has 0 bridgehead atoms. The molecule has 0 fully saturated rings. The van der Waals surface area contributed by atoms with Gasteiger partial charge in [0.25, 0.3) is 0 Å². The number of carbonyl (C=O) groups is 1. The number of anilines is 1. The molecule has 0 aliphatic heterocycles. The first-order valence-electron chi connectivity index (χ1n) is 6.33. The van der Waals surface area contributed by atoms with Gasteiger partial charge in [0, 0.05) is 23.0 Å². The van der Waals surface area contributed by atoms with Crippen molar-refractivity contribution in [1.29, 1.82) is 0 Å². The van der Waals surface area contributed by atoms with Crippen LogP contribution in [0, 0.1) is 13.8 Å². The van der Waals surface area contributed by atoms with Gasteiger partial charge in [-0.05, 0) is 33.8 Å². The Morgan fingerprint density at radius 3 is 2.65 bits per heavy atom. The Hall–Kier alpha value is -1.34. The molecule has 0 aromatic carbocycles. The summed E-state index contributed by atoms with van der Waals surface area (Å²) in [5.41, 5.74) is 8.46. The minimum absolute atomic E-state index is 0.115. The zero-order chi connectivity index (χ0) is 14.9. The first-order chi connectivity index (χ1) is 9.40. The van der Waals surface area contributed by atoms with Gasteiger partial charge in [-0.3, -0.25) is 4.79 Å². The SMILES string of the molecule is Cc1cc(C(=O)CSc2nnc(N)s2)c(C)n1C(C)C. The van der Waals surface area contributed by atoms with Crippen LogP contribution < -0.4 is 5.73 Å². The summed E-state index contributed by atoms with van der Waals surface area (Å²) < 4.78 is 2.91. The third kappa shape index (κ3) is 3.04. The van der Waals surface area contributed by atoms with E-state index in [1.54, 1.807) is 0 Å². The zero-order valence-electron chi connectivity index (χ0n) is 12.0. The summed E-state index contributed by atoms with van der Waals surface area (Å²) in [6.45, 7) is 8.26. The molecule has 2 rings (SSSR count). The van der Waals surface area contributed by atoms with Crippen molar-refractivity contribution >= 4 is 34.0 Å². The highest BCUT2D eigenvalue weighted by atomic mass is 32.2. The largest absolute Gasteiger partial charge is 0.374 e. The zero-order valence-corrected chi connectivity index (χ0v) is 13.6. The number of thioether (sulfide) groups is 1. The van der Waals surface area contributed by atoms with Crippen LogP contribution >= 0.6 is 23.1 Å². The van der Waals surface area contributed by atoms with Gasteiger partial charge in [0.05, 0.1) is 5.75 Å². The topological polar surface area (TPSA) is 73.8 Å². The van der Waals surface area contributed by atoms with Crippen molar-refractivity contribution < 1.29 is 4.79 Å². The number of aromatic nitrogens is 3. The highest BCUT2D eigenvalue weighted by Gasteiger charge is 2.17. The smallest absolute Gasteiger partial charge is 0.203 e. The Labute approximate surface area is 126 Å². The summed E-state index contributed by atoms with van der Waals surface area (Å²) in [4.78, 5) is 12.3. The molecule has 108 valence electrons. The summed E-state index contributed by atoms with van der Waals surface area (Å²) >= 11 is 2.69. The van der Waals surface area contributed by atoms with Crippen LogP contribution in [0.4, 0.5) is 5.13 Å². The highest BCUT2D eigenvalue weighted by molar-refractivity contribution is 8.01. The molecule has 0 saturated heterocycles. The molecule has 0 atom stereocenters. The number of carbonyl (C=O) groups excluding carboxylic acids is 1. The molecule has 0 aliphatic rings. The molecule has 2 aromatic rings. The molecule has 7 heteroatoms. The van der Waals surface area contributed by atoms with E-state index in [1.165, 1.54) is 23.1 Å². The van der Waals surface area contributed by atoms with Crippen molar-refractivity contribution in [2.45, 2.75) is 38.1 Å². The van der Waals surface area contributed by atoms with E-state index in [9.17, 15) is 4.79 Å². The predicted octanol–water partition coefficient (Wildman–Crippen LogP) is 3.09. The van der Waals surface area contributed by atoms with Crippen molar-refractivity contribution in [2.75, 3.05) is 11.5 Å². The number of Topliss-reactive ketones (excluding diaryl/α,β-unsaturated/α-hetero) is 1. The number of nitrogens with zero attached hydrogens (tertiary/aromatic N) is 3. The van der Waals surface area contributed by atoms with Crippen LogP contribution in [0.15, 0.2) is 10.4 Å². The van der Waals surface area contributed by atoms with Crippen LogP contribution in [0.25, 0.3) is 0 Å². The van der Waals surface area contributed by atoms with Crippen LogP contribution in [0.1, 0.15) is 41.6 Å². The maximum Gasteiger partial charge on any atom is 0.203 e. The van der Waals surface area contributed by atoms with Crippen molar-refractivity contribution in [3.05, 3.63) is 23.0 Å². The van der Waals surface area contributed by atoms with Gasteiger partial charge >= 0.3 is 0 Å². The minimum atomic E-state index is 0.115. The number of nitrogens with two attached hydrogens (primary N) is 1. The van der Waals surface area contributed by atoms with E-state index in [1.807, 2.05) is 19.9 Å². The molecule has 0 spiro atoms. The van der Waals surface area contributed by atoms with Crippen molar-refractivity contribution in [2.24, 2.45) is 0 Å². The lowest BCUT2D eigenvalue weighted by atomic mass is 10.2. The molecule has 2 heterocycles. The number of nitrogen functional groups attached to an aromatic ring is 1. The summed E-state index contributed by atoms with van der Waals surface area (Å²) in [6, 6.07) is 2.32. The fraction of sp³-hybridized carbons (Fsp3) is 0.462. The number of rotatable bonds is 5. The Bertz CT molecular complexity index is 630. The van der Waals surface area contributed by atoms with E-state index < -0.39 is 0 Å². The summed E-state index contributed by atoms with van der Waals surface area (Å²) in [5, 5.41) is 8.07. The molecule has 0 amide bonds. The molecule has 2 aromatic heterocycles. The lowest BCUT2D eigenvalue weighted by Crippen LogP contribution is -2.08. The van der Waals surface area contributed by atoms with Gasteiger partial charge in [-0.2, -0.15) is 0 Å². The Morgan fingerprint density at radius 1 is 1.45 bits per heavy atom. The van der Waals surface area contributed by atoms with Gasteiger partial charge < -0.3 is 10.3 Å². The Kier molecular flexibility index (Phi) is 4.49. The van der Waals surface area contributed by atoms with Crippen molar-refractivity contribution in [1.82, 2.24) is 14.8 Å². The number of aryl methyl sites for hydroxylation is 1. The normalized spacial score (nSPS) is 11.2. The molecule has 20 heavy (non-hydrogen) atoms. The van der Waals surface area contributed by atoms with Crippen LogP contribution in [-0.4, -0.2) is 26.3 Å². The summed E-state index contributed by atoms with van der Waals surface area (Å²) in [5.74, 6) is 0.473. The maximum atomic E-state index is 12.3. The maximum absolute atomic E-state index is 12.3. The average molecular weight is 310 g/mol. The van der Waals surface area contributed by atoms with Gasteiger partial charge in [0.2, 0.25) is 5.13 Å². The second kappa shape index (κ2) is 5.97. The van der Waals surface area contributed by atoms with Gasteiger partial charge in [0.1, 0.15) is 0 Å². The van der Waals surface area contributed by atoms with E-state index in [0.29, 0.717) is 16.9 Å². The predicted molar refractivity (Wildman–Crippen MR) is 83.7 cm³/mol. The molecule has 0 saturated carbocycles. The van der Waals surface area contributed by atoms with Crippen molar-refractivity contribution in [3.8, 4) is 0 Å². The molecule has 5 nitrogen and oxygen atoms in total. The average Bonchev–Trinajstić information content (AvgIpc) is 2.90. The highest BCUT2D eigenvalue weighted by Crippen LogP contribution is 2.26.